The summed E-state index contributed by atoms with van der Waals surface area (Å²) >= 11 is 4.70. The summed E-state index contributed by atoms with van der Waals surface area (Å²) in [6, 6.07) is 5.93. The van der Waals surface area contributed by atoms with Gasteiger partial charge in [0.15, 0.2) is 5.50 Å². The largest absolute Gasteiger partial charge is 0.235 e. The average Bonchev–Trinajstić information content (AvgIpc) is 2.31. The van der Waals surface area contributed by atoms with Gasteiger partial charge in [-0.05, 0) is 23.8 Å². The van der Waals surface area contributed by atoms with Crippen LogP contribution < -0.4 is 0 Å². The first-order valence-corrected chi connectivity index (χ1v) is 5.46. The van der Waals surface area contributed by atoms with Crippen molar-refractivity contribution in [2.24, 2.45) is 0 Å². The van der Waals surface area contributed by atoms with Gasteiger partial charge in [0.05, 0.1) is 0 Å². The van der Waals surface area contributed by atoms with Crippen molar-refractivity contribution in [2.75, 3.05) is 0 Å². The van der Waals surface area contributed by atoms with E-state index in [0.717, 1.165) is 14.9 Å². The zero-order chi connectivity index (χ0) is 8.72. The predicted octanol–water partition coefficient (Wildman–Crippen LogP) is 3.95. The third kappa shape index (κ3) is 1.29. The van der Waals surface area contributed by atoms with Crippen molar-refractivity contribution in [1.82, 2.24) is 0 Å². The minimum absolute atomic E-state index is 0.0301. The van der Waals surface area contributed by atoms with Crippen molar-refractivity contribution in [3.8, 4) is 0 Å². The lowest BCUT2D eigenvalue weighted by atomic mass is 10.0. The first-order valence-electron chi connectivity index (χ1n) is 3.78. The number of rotatable bonds is 0. The predicted molar refractivity (Wildman–Crippen MR) is 53.3 cm³/mol. The van der Waals surface area contributed by atoms with Gasteiger partial charge in [0.25, 0.3) is 0 Å². The van der Waals surface area contributed by atoms with Gasteiger partial charge >= 0.3 is 0 Å². The van der Waals surface area contributed by atoms with Gasteiger partial charge in [0.1, 0.15) is 0 Å². The molecule has 0 aliphatic carbocycles. The fourth-order valence-corrected chi connectivity index (χ4v) is 2.85. The highest BCUT2D eigenvalue weighted by molar-refractivity contribution is 9.10. The number of alkyl halides is 1. The van der Waals surface area contributed by atoms with Crippen molar-refractivity contribution in [2.45, 2.75) is 23.2 Å². The second-order valence-electron chi connectivity index (χ2n) is 2.94. The maximum Gasteiger partial charge on any atom is 0.156 e. The van der Waals surface area contributed by atoms with Gasteiger partial charge < -0.3 is 0 Å². The molecular formula is C9H8BrFS. The first-order chi connectivity index (χ1) is 5.68. The molecule has 1 aliphatic rings. The Morgan fingerprint density at radius 1 is 1.50 bits per heavy atom. The molecule has 2 atom stereocenters. The van der Waals surface area contributed by atoms with Crippen LogP contribution in [0.5, 0.6) is 0 Å². The highest BCUT2D eigenvalue weighted by Crippen LogP contribution is 2.46. The van der Waals surface area contributed by atoms with Crippen molar-refractivity contribution >= 4 is 27.7 Å². The molecule has 0 N–H and O–H groups in total. The Kier molecular flexibility index (Phi) is 2.17. The van der Waals surface area contributed by atoms with Crippen LogP contribution in [-0.4, -0.2) is 5.50 Å². The van der Waals surface area contributed by atoms with Crippen LogP contribution in [0.4, 0.5) is 4.39 Å². The van der Waals surface area contributed by atoms with Crippen LogP contribution in [0, 0.1) is 0 Å². The van der Waals surface area contributed by atoms with Crippen LogP contribution in [0.2, 0.25) is 0 Å². The molecule has 0 saturated carbocycles. The van der Waals surface area contributed by atoms with Gasteiger partial charge in [0, 0.05) is 15.3 Å². The van der Waals surface area contributed by atoms with E-state index in [-0.39, 0.29) is 5.92 Å². The van der Waals surface area contributed by atoms with Crippen molar-refractivity contribution in [3.05, 3.63) is 28.2 Å². The van der Waals surface area contributed by atoms with Crippen LogP contribution in [-0.2, 0) is 0 Å². The summed E-state index contributed by atoms with van der Waals surface area (Å²) < 4.78 is 14.2. The van der Waals surface area contributed by atoms with Crippen molar-refractivity contribution in [3.63, 3.8) is 0 Å². The van der Waals surface area contributed by atoms with E-state index in [4.69, 9.17) is 0 Å². The Hall–Kier alpha value is -0.0200. The Morgan fingerprint density at radius 3 is 3.00 bits per heavy atom. The van der Waals surface area contributed by atoms with E-state index >= 15 is 0 Å². The van der Waals surface area contributed by atoms with Crippen molar-refractivity contribution < 1.29 is 4.39 Å². The maximum atomic E-state index is 13.2. The van der Waals surface area contributed by atoms with Gasteiger partial charge in [-0.25, -0.2) is 4.39 Å². The lowest BCUT2D eigenvalue weighted by molar-refractivity contribution is 0.411. The van der Waals surface area contributed by atoms with Gasteiger partial charge in [-0.2, -0.15) is 0 Å². The molecule has 0 spiro atoms. The van der Waals surface area contributed by atoms with Gasteiger partial charge in [-0.3, -0.25) is 0 Å². The molecule has 1 heterocycles. The maximum absolute atomic E-state index is 13.2. The Labute approximate surface area is 83.7 Å². The van der Waals surface area contributed by atoms with Crippen LogP contribution >= 0.6 is 27.7 Å². The van der Waals surface area contributed by atoms with Gasteiger partial charge in [-0.15, -0.1) is 0 Å². The number of thioether (sulfide) groups is 1. The van der Waals surface area contributed by atoms with E-state index in [1.807, 2.05) is 25.1 Å². The highest BCUT2D eigenvalue weighted by Gasteiger charge is 2.29. The molecule has 0 amide bonds. The molecule has 2 unspecified atom stereocenters. The fourth-order valence-electron chi connectivity index (χ4n) is 1.35. The first kappa shape index (κ1) is 8.57. The SMILES string of the molecule is CC1c2cc(Br)ccc2SC1F. The molecule has 0 fully saturated rings. The molecule has 1 aromatic carbocycles. The summed E-state index contributed by atoms with van der Waals surface area (Å²) in [5.74, 6) is 0.0301. The monoisotopic (exact) mass is 246 g/mol. The summed E-state index contributed by atoms with van der Waals surface area (Å²) in [6.45, 7) is 1.93. The number of hydrogen-bond acceptors (Lipinski definition) is 1. The summed E-state index contributed by atoms with van der Waals surface area (Å²) in [7, 11) is 0. The van der Waals surface area contributed by atoms with Crippen LogP contribution in [0.25, 0.3) is 0 Å². The van der Waals surface area contributed by atoms with Crippen molar-refractivity contribution in [1.29, 1.82) is 0 Å². The van der Waals surface area contributed by atoms with Crippen LogP contribution in [0.15, 0.2) is 27.6 Å². The zero-order valence-corrected chi connectivity index (χ0v) is 8.95. The minimum atomic E-state index is -0.769. The minimum Gasteiger partial charge on any atom is -0.235 e. The molecule has 0 nitrogen and oxygen atoms in total. The molecule has 0 saturated heterocycles. The second kappa shape index (κ2) is 3.04. The number of fused-ring (bicyclic) bond motifs is 1. The van der Waals surface area contributed by atoms with Gasteiger partial charge in [0.2, 0.25) is 0 Å². The van der Waals surface area contributed by atoms with E-state index in [9.17, 15) is 4.39 Å². The number of hydrogen-bond donors (Lipinski definition) is 0. The zero-order valence-electron chi connectivity index (χ0n) is 6.55. The molecule has 2 rings (SSSR count). The van der Waals surface area contributed by atoms with E-state index in [2.05, 4.69) is 15.9 Å². The molecular weight excluding hydrogens is 239 g/mol. The topological polar surface area (TPSA) is 0 Å². The lowest BCUT2D eigenvalue weighted by Crippen LogP contribution is -1.98. The summed E-state index contributed by atoms with van der Waals surface area (Å²) in [5, 5.41) is 0. The standard InChI is InChI=1S/C9H8BrFS/c1-5-7-4-6(10)2-3-8(7)12-9(5)11/h2-5,9H,1H3. The molecule has 0 radical (unpaired) electrons. The normalized spacial score (nSPS) is 27.2. The van der Waals surface area contributed by atoms with E-state index in [1.165, 1.54) is 11.8 Å². The molecule has 1 aliphatic heterocycles. The quantitative estimate of drug-likeness (QED) is 0.668. The third-order valence-electron chi connectivity index (χ3n) is 2.10. The van der Waals surface area contributed by atoms with E-state index in [0.29, 0.717) is 0 Å². The molecule has 3 heteroatoms. The Bertz CT molecular complexity index is 313. The van der Waals surface area contributed by atoms with Gasteiger partial charge in [-0.1, -0.05) is 34.6 Å². The van der Waals surface area contributed by atoms with E-state index in [1.54, 1.807) is 0 Å². The van der Waals surface area contributed by atoms with Crippen LogP contribution in [0.3, 0.4) is 0 Å². The Morgan fingerprint density at radius 2 is 2.25 bits per heavy atom. The summed E-state index contributed by atoms with van der Waals surface area (Å²) in [5.41, 5.74) is 0.358. The number of benzene rings is 1. The number of halogens is 2. The summed E-state index contributed by atoms with van der Waals surface area (Å²) in [6.07, 6.45) is 0. The summed E-state index contributed by atoms with van der Waals surface area (Å²) in [4.78, 5) is 1.08. The molecule has 1 aromatic rings. The third-order valence-corrected chi connectivity index (χ3v) is 3.85. The lowest BCUT2D eigenvalue weighted by Gasteiger charge is -2.04. The molecule has 0 bridgehead atoms. The molecule has 12 heavy (non-hydrogen) atoms. The highest BCUT2D eigenvalue weighted by atomic mass is 79.9. The molecule has 64 valence electrons. The van der Waals surface area contributed by atoms with Crippen LogP contribution in [0.1, 0.15) is 18.4 Å². The molecule has 0 aromatic heterocycles. The average molecular weight is 247 g/mol. The Balaban J connectivity index is 2.48. The smallest absolute Gasteiger partial charge is 0.156 e. The fraction of sp³-hybridized carbons (Fsp3) is 0.333. The van der Waals surface area contributed by atoms with E-state index < -0.39 is 5.50 Å². The second-order valence-corrected chi connectivity index (χ2v) is 4.98.